The van der Waals surface area contributed by atoms with E-state index in [1.54, 1.807) is 6.92 Å². The first-order valence-electron chi connectivity index (χ1n) is 7.32. The number of rotatable bonds is 3. The van der Waals surface area contributed by atoms with E-state index < -0.39 is 0 Å². The van der Waals surface area contributed by atoms with Gasteiger partial charge < -0.3 is 10.6 Å². The quantitative estimate of drug-likeness (QED) is 0.832. The molecule has 2 rings (SSSR count). The first-order valence-corrected chi connectivity index (χ1v) is 7.32. The summed E-state index contributed by atoms with van der Waals surface area (Å²) < 4.78 is 13.5. The highest BCUT2D eigenvalue weighted by Gasteiger charge is 2.31. The third-order valence-electron chi connectivity index (χ3n) is 4.97. The second-order valence-corrected chi connectivity index (χ2v) is 5.85. The van der Waals surface area contributed by atoms with E-state index in [1.807, 2.05) is 6.07 Å². The van der Waals surface area contributed by atoms with Crippen molar-refractivity contribution < 1.29 is 4.39 Å². The molecule has 0 radical (unpaired) electrons. The van der Waals surface area contributed by atoms with Crippen molar-refractivity contribution in [1.82, 2.24) is 0 Å². The maximum atomic E-state index is 13.5. The minimum absolute atomic E-state index is 0.213. The number of aryl methyl sites for hydroxylation is 1. The standard InChI is InChI=1S/C16H25FN2/c1-4-16(5-2)6-8-19(9-7-16)15-10-12(3)13(17)11-14(15)18/h10-11H,4-9,18H2,1-3H3. The zero-order valence-corrected chi connectivity index (χ0v) is 12.3. The molecule has 106 valence electrons. The van der Waals surface area contributed by atoms with Gasteiger partial charge in [-0.3, -0.25) is 0 Å². The molecule has 0 unspecified atom stereocenters. The first-order chi connectivity index (χ1) is 9.01. The molecule has 0 bridgehead atoms. The highest BCUT2D eigenvalue weighted by atomic mass is 19.1. The molecule has 1 aromatic carbocycles. The lowest BCUT2D eigenvalue weighted by Crippen LogP contribution is -2.40. The molecule has 2 N–H and O–H groups in total. The molecular weight excluding hydrogens is 239 g/mol. The SMILES string of the molecule is CCC1(CC)CCN(c2cc(C)c(F)cc2N)CC1. The van der Waals surface area contributed by atoms with Gasteiger partial charge in [0.2, 0.25) is 0 Å². The van der Waals surface area contributed by atoms with Gasteiger partial charge in [0.1, 0.15) is 5.82 Å². The van der Waals surface area contributed by atoms with Crippen LogP contribution in [0.15, 0.2) is 12.1 Å². The van der Waals surface area contributed by atoms with Crippen LogP contribution in [0.2, 0.25) is 0 Å². The van der Waals surface area contributed by atoms with E-state index in [9.17, 15) is 4.39 Å². The van der Waals surface area contributed by atoms with Crippen molar-refractivity contribution >= 4 is 11.4 Å². The average molecular weight is 264 g/mol. The van der Waals surface area contributed by atoms with Gasteiger partial charge in [-0.2, -0.15) is 0 Å². The first kappa shape index (κ1) is 14.2. The Morgan fingerprint density at radius 3 is 2.32 bits per heavy atom. The van der Waals surface area contributed by atoms with E-state index >= 15 is 0 Å². The van der Waals surface area contributed by atoms with E-state index in [-0.39, 0.29) is 5.82 Å². The molecule has 1 fully saturated rings. The van der Waals surface area contributed by atoms with Gasteiger partial charge in [-0.05, 0) is 42.9 Å². The van der Waals surface area contributed by atoms with Gasteiger partial charge in [-0.1, -0.05) is 26.7 Å². The Labute approximate surface area is 115 Å². The third kappa shape index (κ3) is 2.70. The number of hydrogen-bond acceptors (Lipinski definition) is 2. The van der Waals surface area contributed by atoms with E-state index in [1.165, 1.54) is 31.7 Å². The smallest absolute Gasteiger partial charge is 0.128 e. The molecule has 1 aliphatic heterocycles. The second kappa shape index (κ2) is 5.40. The van der Waals surface area contributed by atoms with Crippen LogP contribution in [-0.2, 0) is 0 Å². The summed E-state index contributed by atoms with van der Waals surface area (Å²) in [6, 6.07) is 3.34. The van der Waals surface area contributed by atoms with Crippen molar-refractivity contribution in [3.05, 3.63) is 23.5 Å². The highest BCUT2D eigenvalue weighted by molar-refractivity contribution is 5.69. The van der Waals surface area contributed by atoms with Crippen LogP contribution in [0.25, 0.3) is 0 Å². The van der Waals surface area contributed by atoms with Crippen LogP contribution in [0.5, 0.6) is 0 Å². The van der Waals surface area contributed by atoms with Gasteiger partial charge in [-0.15, -0.1) is 0 Å². The van der Waals surface area contributed by atoms with Crippen molar-refractivity contribution in [2.24, 2.45) is 5.41 Å². The van der Waals surface area contributed by atoms with Crippen LogP contribution >= 0.6 is 0 Å². The number of benzene rings is 1. The lowest BCUT2D eigenvalue weighted by atomic mass is 9.74. The third-order valence-corrected chi connectivity index (χ3v) is 4.97. The van der Waals surface area contributed by atoms with E-state index in [0.717, 1.165) is 18.8 Å². The predicted molar refractivity (Wildman–Crippen MR) is 80.0 cm³/mol. The molecule has 1 heterocycles. The lowest BCUT2D eigenvalue weighted by molar-refractivity contribution is 0.199. The van der Waals surface area contributed by atoms with Crippen LogP contribution in [0.4, 0.5) is 15.8 Å². The van der Waals surface area contributed by atoms with Crippen molar-refractivity contribution in [2.75, 3.05) is 23.7 Å². The van der Waals surface area contributed by atoms with Crippen molar-refractivity contribution in [3.63, 3.8) is 0 Å². The summed E-state index contributed by atoms with van der Waals surface area (Å²) in [6.45, 7) is 8.42. The molecule has 0 aliphatic carbocycles. The Morgan fingerprint density at radius 2 is 1.79 bits per heavy atom. The summed E-state index contributed by atoms with van der Waals surface area (Å²) in [6.07, 6.45) is 4.90. The summed E-state index contributed by atoms with van der Waals surface area (Å²) in [4.78, 5) is 2.31. The molecule has 0 amide bonds. The monoisotopic (exact) mass is 264 g/mol. The van der Waals surface area contributed by atoms with E-state index in [2.05, 4.69) is 18.7 Å². The van der Waals surface area contributed by atoms with E-state index in [4.69, 9.17) is 5.73 Å². The Morgan fingerprint density at radius 1 is 1.21 bits per heavy atom. The van der Waals surface area contributed by atoms with Gasteiger partial charge in [0, 0.05) is 13.1 Å². The zero-order valence-electron chi connectivity index (χ0n) is 12.3. The van der Waals surface area contributed by atoms with Gasteiger partial charge in [-0.25, -0.2) is 4.39 Å². The number of nitrogen functional groups attached to an aromatic ring is 1. The largest absolute Gasteiger partial charge is 0.397 e. The summed E-state index contributed by atoms with van der Waals surface area (Å²) in [5.41, 5.74) is 8.70. The number of nitrogens with zero attached hydrogens (tertiary/aromatic N) is 1. The Hall–Kier alpha value is -1.25. The fourth-order valence-electron chi connectivity index (χ4n) is 3.13. The van der Waals surface area contributed by atoms with Crippen molar-refractivity contribution in [2.45, 2.75) is 46.5 Å². The molecule has 0 saturated carbocycles. The second-order valence-electron chi connectivity index (χ2n) is 5.85. The minimum Gasteiger partial charge on any atom is -0.397 e. The highest BCUT2D eigenvalue weighted by Crippen LogP contribution is 2.40. The topological polar surface area (TPSA) is 29.3 Å². The molecule has 2 nitrogen and oxygen atoms in total. The van der Waals surface area contributed by atoms with Crippen LogP contribution in [0.3, 0.4) is 0 Å². The molecule has 0 aromatic heterocycles. The minimum atomic E-state index is -0.213. The molecule has 1 saturated heterocycles. The number of anilines is 2. The summed E-state index contributed by atoms with van der Waals surface area (Å²) >= 11 is 0. The molecule has 19 heavy (non-hydrogen) atoms. The lowest BCUT2D eigenvalue weighted by Gasteiger charge is -2.42. The van der Waals surface area contributed by atoms with Crippen LogP contribution in [0.1, 0.15) is 45.1 Å². The Kier molecular flexibility index (Phi) is 4.02. The van der Waals surface area contributed by atoms with Crippen molar-refractivity contribution in [3.8, 4) is 0 Å². The number of piperidine rings is 1. The van der Waals surface area contributed by atoms with Gasteiger partial charge >= 0.3 is 0 Å². The van der Waals surface area contributed by atoms with Crippen LogP contribution in [0, 0.1) is 18.2 Å². The number of hydrogen-bond donors (Lipinski definition) is 1. The zero-order chi connectivity index (χ0) is 14.0. The average Bonchev–Trinajstić information content (AvgIpc) is 2.43. The van der Waals surface area contributed by atoms with Gasteiger partial charge in [0.15, 0.2) is 0 Å². The molecule has 1 aliphatic rings. The molecule has 0 spiro atoms. The van der Waals surface area contributed by atoms with Crippen molar-refractivity contribution in [1.29, 1.82) is 0 Å². The fourth-order valence-corrected chi connectivity index (χ4v) is 3.13. The summed E-state index contributed by atoms with van der Waals surface area (Å²) in [5.74, 6) is -0.213. The van der Waals surface area contributed by atoms with Gasteiger partial charge in [0.25, 0.3) is 0 Å². The number of nitrogens with two attached hydrogens (primary N) is 1. The molecule has 0 atom stereocenters. The molecular formula is C16H25FN2. The number of halogens is 1. The van der Waals surface area contributed by atoms with Crippen LogP contribution < -0.4 is 10.6 Å². The summed E-state index contributed by atoms with van der Waals surface area (Å²) in [5, 5.41) is 0. The van der Waals surface area contributed by atoms with Crippen LogP contribution in [-0.4, -0.2) is 13.1 Å². The molecule has 1 aromatic rings. The van der Waals surface area contributed by atoms with Gasteiger partial charge in [0.05, 0.1) is 11.4 Å². The fraction of sp³-hybridized carbons (Fsp3) is 0.625. The summed E-state index contributed by atoms with van der Waals surface area (Å²) in [7, 11) is 0. The van der Waals surface area contributed by atoms with E-state index in [0.29, 0.717) is 16.7 Å². The maximum Gasteiger partial charge on any atom is 0.128 e. The normalized spacial score (nSPS) is 18.6. The Balaban J connectivity index is 2.16. The predicted octanol–water partition coefficient (Wildman–Crippen LogP) is 4.12. The molecule has 3 heteroatoms. The maximum absolute atomic E-state index is 13.5. The Bertz CT molecular complexity index is 442.